The first-order chi connectivity index (χ1) is 8.44. The SMILES string of the molecule is Cc1cccc(NC(=S)NC2CCC(C)(C)C2)c1. The van der Waals surface area contributed by atoms with Crippen molar-refractivity contribution in [3.05, 3.63) is 29.8 Å². The molecule has 1 aromatic carbocycles. The van der Waals surface area contributed by atoms with E-state index in [9.17, 15) is 0 Å². The number of nitrogens with one attached hydrogen (secondary N) is 2. The van der Waals surface area contributed by atoms with E-state index in [4.69, 9.17) is 12.2 Å². The van der Waals surface area contributed by atoms with Crippen molar-refractivity contribution in [3.63, 3.8) is 0 Å². The van der Waals surface area contributed by atoms with Gasteiger partial charge in [-0.05, 0) is 61.5 Å². The third kappa shape index (κ3) is 3.70. The predicted octanol–water partition coefficient (Wildman–Crippen LogP) is 3.86. The first-order valence-electron chi connectivity index (χ1n) is 6.59. The van der Waals surface area contributed by atoms with Gasteiger partial charge in [-0.25, -0.2) is 0 Å². The van der Waals surface area contributed by atoms with E-state index in [1.54, 1.807) is 0 Å². The molecule has 0 heterocycles. The summed E-state index contributed by atoms with van der Waals surface area (Å²) in [4.78, 5) is 0. The topological polar surface area (TPSA) is 24.1 Å². The number of aryl methyl sites for hydroxylation is 1. The van der Waals surface area contributed by atoms with Crippen molar-refractivity contribution in [1.29, 1.82) is 0 Å². The molecular formula is C15H22N2S. The minimum Gasteiger partial charge on any atom is -0.360 e. The maximum Gasteiger partial charge on any atom is 0.170 e. The Labute approximate surface area is 115 Å². The fourth-order valence-corrected chi connectivity index (χ4v) is 2.92. The summed E-state index contributed by atoms with van der Waals surface area (Å²) in [5, 5.41) is 7.42. The van der Waals surface area contributed by atoms with Gasteiger partial charge in [-0.2, -0.15) is 0 Å². The first-order valence-corrected chi connectivity index (χ1v) is 7.00. The van der Waals surface area contributed by atoms with Gasteiger partial charge in [-0.15, -0.1) is 0 Å². The molecule has 0 amide bonds. The van der Waals surface area contributed by atoms with Crippen LogP contribution in [-0.4, -0.2) is 11.2 Å². The number of rotatable bonds is 2. The lowest BCUT2D eigenvalue weighted by Crippen LogP contribution is -2.36. The molecule has 1 unspecified atom stereocenters. The van der Waals surface area contributed by atoms with E-state index in [1.807, 2.05) is 12.1 Å². The van der Waals surface area contributed by atoms with E-state index >= 15 is 0 Å². The summed E-state index contributed by atoms with van der Waals surface area (Å²) in [5.41, 5.74) is 2.76. The second-order valence-electron chi connectivity index (χ2n) is 6.07. The Balaban J connectivity index is 1.86. The predicted molar refractivity (Wildman–Crippen MR) is 82.0 cm³/mol. The Bertz CT molecular complexity index is 440. The van der Waals surface area contributed by atoms with Crippen LogP contribution in [0, 0.1) is 12.3 Å². The van der Waals surface area contributed by atoms with Crippen molar-refractivity contribution in [2.75, 3.05) is 5.32 Å². The molecule has 1 aromatic rings. The van der Waals surface area contributed by atoms with Crippen molar-refractivity contribution in [2.24, 2.45) is 5.41 Å². The third-order valence-electron chi connectivity index (χ3n) is 3.58. The van der Waals surface area contributed by atoms with Crippen LogP contribution < -0.4 is 10.6 Å². The zero-order valence-corrected chi connectivity index (χ0v) is 12.2. The molecule has 2 nitrogen and oxygen atoms in total. The van der Waals surface area contributed by atoms with Crippen molar-refractivity contribution in [1.82, 2.24) is 5.32 Å². The maximum atomic E-state index is 5.37. The molecule has 0 bridgehead atoms. The highest BCUT2D eigenvalue weighted by Gasteiger charge is 2.30. The van der Waals surface area contributed by atoms with Crippen molar-refractivity contribution >= 4 is 23.0 Å². The average Bonchev–Trinajstić information content (AvgIpc) is 2.57. The number of thiocarbonyl (C=S) groups is 1. The highest BCUT2D eigenvalue weighted by atomic mass is 32.1. The Morgan fingerprint density at radius 3 is 2.78 bits per heavy atom. The first kappa shape index (κ1) is 13.3. The maximum absolute atomic E-state index is 5.37. The Kier molecular flexibility index (Phi) is 3.91. The minimum absolute atomic E-state index is 0.455. The summed E-state index contributed by atoms with van der Waals surface area (Å²) in [6.45, 7) is 6.73. The lowest BCUT2D eigenvalue weighted by Gasteiger charge is -2.19. The second-order valence-corrected chi connectivity index (χ2v) is 6.48. The number of benzene rings is 1. The summed E-state index contributed by atoms with van der Waals surface area (Å²) in [5.74, 6) is 0. The van der Waals surface area contributed by atoms with Gasteiger partial charge in [0.1, 0.15) is 0 Å². The van der Waals surface area contributed by atoms with Crippen molar-refractivity contribution < 1.29 is 0 Å². The van der Waals surface area contributed by atoms with Crippen molar-refractivity contribution in [3.8, 4) is 0 Å². The van der Waals surface area contributed by atoms with Gasteiger partial charge in [0.05, 0.1) is 0 Å². The van der Waals surface area contributed by atoms with Gasteiger partial charge in [0, 0.05) is 11.7 Å². The van der Waals surface area contributed by atoms with E-state index in [-0.39, 0.29) is 0 Å². The monoisotopic (exact) mass is 262 g/mol. The van der Waals surface area contributed by atoms with Gasteiger partial charge in [0.25, 0.3) is 0 Å². The van der Waals surface area contributed by atoms with Gasteiger partial charge in [0.2, 0.25) is 0 Å². The highest BCUT2D eigenvalue weighted by Crippen LogP contribution is 2.36. The summed E-state index contributed by atoms with van der Waals surface area (Å²) in [6.07, 6.45) is 3.68. The molecule has 0 aliphatic heterocycles. The molecule has 2 N–H and O–H groups in total. The zero-order valence-electron chi connectivity index (χ0n) is 11.4. The standard InChI is InChI=1S/C15H22N2S/c1-11-5-4-6-12(9-11)16-14(18)17-13-7-8-15(2,3)10-13/h4-6,9,13H,7-8,10H2,1-3H3,(H2,16,17,18). The molecule has 18 heavy (non-hydrogen) atoms. The molecule has 0 aromatic heterocycles. The number of hydrogen-bond acceptors (Lipinski definition) is 1. The van der Waals surface area contributed by atoms with E-state index in [2.05, 4.69) is 43.5 Å². The average molecular weight is 262 g/mol. The molecule has 1 aliphatic carbocycles. The minimum atomic E-state index is 0.455. The molecule has 1 aliphatic rings. The molecule has 0 radical (unpaired) electrons. The quantitative estimate of drug-likeness (QED) is 0.791. The van der Waals surface area contributed by atoms with Crippen LogP contribution in [0.25, 0.3) is 0 Å². The number of hydrogen-bond donors (Lipinski definition) is 2. The van der Waals surface area contributed by atoms with E-state index in [0.717, 1.165) is 10.8 Å². The van der Waals surface area contributed by atoms with Crippen LogP contribution >= 0.6 is 12.2 Å². The smallest absolute Gasteiger partial charge is 0.170 e. The normalized spacial score (nSPS) is 21.6. The van der Waals surface area contributed by atoms with Crippen LogP contribution in [0.4, 0.5) is 5.69 Å². The zero-order chi connectivity index (χ0) is 13.2. The molecular weight excluding hydrogens is 240 g/mol. The highest BCUT2D eigenvalue weighted by molar-refractivity contribution is 7.80. The van der Waals surface area contributed by atoms with Gasteiger partial charge in [0.15, 0.2) is 5.11 Å². The van der Waals surface area contributed by atoms with Gasteiger partial charge in [-0.1, -0.05) is 26.0 Å². The molecule has 1 saturated carbocycles. The van der Waals surface area contributed by atoms with Crippen LogP contribution in [-0.2, 0) is 0 Å². The van der Waals surface area contributed by atoms with E-state index in [0.29, 0.717) is 11.5 Å². The van der Waals surface area contributed by atoms with Crippen LogP contribution in [0.15, 0.2) is 24.3 Å². The molecule has 1 atom stereocenters. The Morgan fingerprint density at radius 1 is 1.39 bits per heavy atom. The van der Waals surface area contributed by atoms with Gasteiger partial charge in [-0.3, -0.25) is 0 Å². The number of anilines is 1. The van der Waals surface area contributed by atoms with E-state index in [1.165, 1.54) is 24.8 Å². The lowest BCUT2D eigenvalue weighted by atomic mass is 9.92. The van der Waals surface area contributed by atoms with Crippen LogP contribution in [0.3, 0.4) is 0 Å². The molecule has 1 fully saturated rings. The van der Waals surface area contributed by atoms with Gasteiger partial charge < -0.3 is 10.6 Å². The Hall–Kier alpha value is -1.09. The molecule has 0 saturated heterocycles. The molecule has 3 heteroatoms. The fourth-order valence-electron chi connectivity index (χ4n) is 2.63. The summed E-state index contributed by atoms with van der Waals surface area (Å²) >= 11 is 5.37. The Morgan fingerprint density at radius 2 is 2.17 bits per heavy atom. The molecule has 0 spiro atoms. The van der Waals surface area contributed by atoms with Crippen LogP contribution in [0.1, 0.15) is 38.7 Å². The summed E-state index contributed by atoms with van der Waals surface area (Å²) in [6, 6.07) is 8.79. The fraction of sp³-hybridized carbons (Fsp3) is 0.533. The van der Waals surface area contributed by atoms with Gasteiger partial charge >= 0.3 is 0 Å². The van der Waals surface area contributed by atoms with E-state index < -0.39 is 0 Å². The van der Waals surface area contributed by atoms with Crippen molar-refractivity contribution in [2.45, 2.75) is 46.1 Å². The molecule has 2 rings (SSSR count). The van der Waals surface area contributed by atoms with Crippen LogP contribution in [0.2, 0.25) is 0 Å². The molecule has 98 valence electrons. The largest absolute Gasteiger partial charge is 0.360 e. The van der Waals surface area contributed by atoms with Crippen LogP contribution in [0.5, 0.6) is 0 Å². The lowest BCUT2D eigenvalue weighted by molar-refractivity contribution is 0.372. The third-order valence-corrected chi connectivity index (χ3v) is 3.80. The second kappa shape index (κ2) is 5.27. The summed E-state index contributed by atoms with van der Waals surface area (Å²) < 4.78 is 0. The summed E-state index contributed by atoms with van der Waals surface area (Å²) in [7, 11) is 0.